The summed E-state index contributed by atoms with van der Waals surface area (Å²) >= 11 is 0. The molecule has 0 bridgehead atoms. The third kappa shape index (κ3) is 5.73. The lowest BCUT2D eigenvalue weighted by atomic mass is 10.1. The Morgan fingerprint density at radius 1 is 1.10 bits per heavy atom. The molecule has 6 heteroatoms. The van der Waals surface area contributed by atoms with Gasteiger partial charge in [0, 0.05) is 19.5 Å². The van der Waals surface area contributed by atoms with Crippen molar-refractivity contribution >= 4 is 11.9 Å². The summed E-state index contributed by atoms with van der Waals surface area (Å²) in [6.45, 7) is 3.73. The van der Waals surface area contributed by atoms with Crippen LogP contribution in [0.3, 0.4) is 0 Å². The number of hydrogen-bond acceptors (Lipinski definition) is 4. The Kier molecular flexibility index (Phi) is 7.11. The van der Waals surface area contributed by atoms with Gasteiger partial charge in [0.15, 0.2) is 0 Å². The summed E-state index contributed by atoms with van der Waals surface area (Å²) in [4.78, 5) is 24.7. The molecule has 1 aliphatic heterocycles. The fourth-order valence-corrected chi connectivity index (χ4v) is 3.39. The molecule has 0 radical (unpaired) electrons. The number of aliphatic carboxylic acids is 1. The standard InChI is InChI=1S/C23H27NO5/c1-2-17-7-9-20(10-8-17)28-13-14-29-21-6-4-3-5-18(21)11-12-24-16-19(23(26)27)15-22(24)25/h3-10,19H,2,11-16H2,1H3,(H,26,27). The molecule has 3 rings (SSSR count). The molecule has 1 atom stereocenters. The second-order valence-corrected chi connectivity index (χ2v) is 7.13. The van der Waals surface area contributed by atoms with Crippen molar-refractivity contribution in [3.05, 3.63) is 59.7 Å². The van der Waals surface area contributed by atoms with Crippen LogP contribution >= 0.6 is 0 Å². The summed E-state index contributed by atoms with van der Waals surface area (Å²) in [7, 11) is 0. The van der Waals surface area contributed by atoms with E-state index in [0.717, 1.165) is 23.5 Å². The van der Waals surface area contributed by atoms with Crippen molar-refractivity contribution in [1.82, 2.24) is 4.90 Å². The topological polar surface area (TPSA) is 76.1 Å². The van der Waals surface area contributed by atoms with Crippen molar-refractivity contribution in [3.8, 4) is 11.5 Å². The molecule has 0 aromatic heterocycles. The van der Waals surface area contributed by atoms with Gasteiger partial charge in [0.2, 0.25) is 5.91 Å². The Bertz CT molecular complexity index is 833. The van der Waals surface area contributed by atoms with Crippen LogP contribution < -0.4 is 9.47 Å². The first kappa shape index (κ1) is 20.7. The first-order valence-corrected chi connectivity index (χ1v) is 10.00. The number of nitrogens with zero attached hydrogens (tertiary/aromatic N) is 1. The van der Waals surface area contributed by atoms with E-state index in [9.17, 15) is 9.59 Å². The largest absolute Gasteiger partial charge is 0.490 e. The molecule has 2 aromatic carbocycles. The summed E-state index contributed by atoms with van der Waals surface area (Å²) in [6, 6.07) is 15.7. The number of hydrogen-bond donors (Lipinski definition) is 1. The Morgan fingerprint density at radius 3 is 2.52 bits per heavy atom. The Morgan fingerprint density at radius 2 is 1.83 bits per heavy atom. The average Bonchev–Trinajstić information content (AvgIpc) is 3.12. The third-order valence-corrected chi connectivity index (χ3v) is 5.13. The predicted octanol–water partition coefficient (Wildman–Crippen LogP) is 3.18. The Labute approximate surface area is 171 Å². The number of carboxylic acid groups (broad SMARTS) is 1. The Balaban J connectivity index is 1.47. The zero-order chi connectivity index (χ0) is 20.6. The molecule has 29 heavy (non-hydrogen) atoms. The fraction of sp³-hybridized carbons (Fsp3) is 0.391. The van der Waals surface area contributed by atoms with E-state index in [2.05, 4.69) is 19.1 Å². The van der Waals surface area contributed by atoms with Crippen LogP contribution in [-0.4, -0.2) is 48.2 Å². The van der Waals surface area contributed by atoms with Gasteiger partial charge in [0.25, 0.3) is 0 Å². The van der Waals surface area contributed by atoms with Gasteiger partial charge in [-0.1, -0.05) is 37.3 Å². The van der Waals surface area contributed by atoms with Gasteiger partial charge in [-0.15, -0.1) is 0 Å². The zero-order valence-corrected chi connectivity index (χ0v) is 16.7. The average molecular weight is 397 g/mol. The van der Waals surface area contributed by atoms with E-state index in [1.807, 2.05) is 36.4 Å². The monoisotopic (exact) mass is 397 g/mol. The zero-order valence-electron chi connectivity index (χ0n) is 16.7. The number of ether oxygens (including phenoxy) is 2. The van der Waals surface area contributed by atoms with Crippen LogP contribution in [0, 0.1) is 5.92 Å². The maximum Gasteiger partial charge on any atom is 0.308 e. The first-order valence-electron chi connectivity index (χ1n) is 10.00. The van der Waals surface area contributed by atoms with Gasteiger partial charge in [-0.05, 0) is 42.2 Å². The molecule has 1 unspecified atom stereocenters. The minimum Gasteiger partial charge on any atom is -0.490 e. The number of para-hydroxylation sites is 1. The lowest BCUT2D eigenvalue weighted by molar-refractivity contribution is -0.141. The van der Waals surface area contributed by atoms with Crippen molar-refractivity contribution in [1.29, 1.82) is 0 Å². The third-order valence-electron chi connectivity index (χ3n) is 5.13. The number of aryl methyl sites for hydroxylation is 1. The molecule has 6 nitrogen and oxygen atoms in total. The number of carbonyl (C=O) groups excluding carboxylic acids is 1. The van der Waals surface area contributed by atoms with Crippen LogP contribution in [0.25, 0.3) is 0 Å². The van der Waals surface area contributed by atoms with Gasteiger partial charge in [0.1, 0.15) is 24.7 Å². The molecule has 1 N–H and O–H groups in total. The van der Waals surface area contributed by atoms with Crippen LogP contribution in [-0.2, 0) is 22.4 Å². The van der Waals surface area contributed by atoms with E-state index in [-0.39, 0.29) is 18.9 Å². The molecule has 1 saturated heterocycles. The Hall–Kier alpha value is -3.02. The van der Waals surface area contributed by atoms with Crippen molar-refractivity contribution in [2.24, 2.45) is 5.92 Å². The van der Waals surface area contributed by atoms with Crippen LogP contribution in [0.4, 0.5) is 0 Å². The minimum atomic E-state index is -0.908. The molecule has 0 spiro atoms. The van der Waals surface area contributed by atoms with E-state index in [1.54, 1.807) is 4.90 Å². The maximum atomic E-state index is 12.0. The lowest BCUT2D eigenvalue weighted by Crippen LogP contribution is -2.28. The van der Waals surface area contributed by atoms with Crippen LogP contribution in [0.1, 0.15) is 24.5 Å². The van der Waals surface area contributed by atoms with Gasteiger partial charge in [-0.2, -0.15) is 0 Å². The maximum absolute atomic E-state index is 12.0. The highest BCUT2D eigenvalue weighted by molar-refractivity contribution is 5.86. The smallest absolute Gasteiger partial charge is 0.308 e. The number of amides is 1. The highest BCUT2D eigenvalue weighted by Crippen LogP contribution is 2.22. The molecule has 1 amide bonds. The van der Waals surface area contributed by atoms with Crippen molar-refractivity contribution in [3.63, 3.8) is 0 Å². The number of rotatable bonds is 10. The van der Waals surface area contributed by atoms with Crippen molar-refractivity contribution in [2.45, 2.75) is 26.2 Å². The summed E-state index contributed by atoms with van der Waals surface area (Å²) in [5, 5.41) is 9.10. The fourth-order valence-electron chi connectivity index (χ4n) is 3.39. The SMILES string of the molecule is CCc1ccc(OCCOc2ccccc2CCN2CC(C(=O)O)CC2=O)cc1. The first-order chi connectivity index (χ1) is 14.1. The van der Waals surface area contributed by atoms with Gasteiger partial charge < -0.3 is 19.5 Å². The molecule has 154 valence electrons. The quantitative estimate of drug-likeness (QED) is 0.623. The van der Waals surface area contributed by atoms with Gasteiger partial charge in [-0.25, -0.2) is 0 Å². The van der Waals surface area contributed by atoms with Crippen molar-refractivity contribution in [2.75, 3.05) is 26.3 Å². The van der Waals surface area contributed by atoms with Crippen LogP contribution in [0.5, 0.6) is 11.5 Å². The van der Waals surface area contributed by atoms with E-state index < -0.39 is 11.9 Å². The summed E-state index contributed by atoms with van der Waals surface area (Å²) in [5.41, 5.74) is 2.26. The van der Waals surface area contributed by atoms with Crippen molar-refractivity contribution < 1.29 is 24.2 Å². The predicted molar refractivity (Wildman–Crippen MR) is 109 cm³/mol. The number of carboxylic acids is 1. The number of likely N-dealkylation sites (tertiary alicyclic amines) is 1. The second kappa shape index (κ2) is 9.96. The normalized spacial score (nSPS) is 16.1. The van der Waals surface area contributed by atoms with Crippen LogP contribution in [0.15, 0.2) is 48.5 Å². The van der Waals surface area contributed by atoms with Gasteiger partial charge >= 0.3 is 5.97 Å². The molecule has 1 fully saturated rings. The summed E-state index contributed by atoms with van der Waals surface area (Å²) in [5.74, 6) is -0.0248. The van der Waals surface area contributed by atoms with E-state index >= 15 is 0 Å². The molecular weight excluding hydrogens is 370 g/mol. The van der Waals surface area contributed by atoms with Gasteiger partial charge in [-0.3, -0.25) is 9.59 Å². The summed E-state index contributed by atoms with van der Waals surface area (Å²) in [6.07, 6.45) is 1.71. The molecular formula is C23H27NO5. The molecule has 1 aliphatic rings. The molecule has 2 aromatic rings. The number of benzene rings is 2. The van der Waals surface area contributed by atoms with E-state index in [0.29, 0.717) is 26.2 Å². The lowest BCUT2D eigenvalue weighted by Gasteiger charge is -2.17. The minimum absolute atomic E-state index is 0.0874. The van der Waals surface area contributed by atoms with E-state index in [4.69, 9.17) is 14.6 Å². The van der Waals surface area contributed by atoms with Crippen LogP contribution in [0.2, 0.25) is 0 Å². The highest BCUT2D eigenvalue weighted by atomic mass is 16.5. The summed E-state index contributed by atoms with van der Waals surface area (Å²) < 4.78 is 11.6. The van der Waals surface area contributed by atoms with Gasteiger partial charge in [0.05, 0.1) is 5.92 Å². The molecule has 0 saturated carbocycles. The number of carbonyl (C=O) groups is 2. The van der Waals surface area contributed by atoms with E-state index in [1.165, 1.54) is 5.56 Å². The highest BCUT2D eigenvalue weighted by Gasteiger charge is 2.33. The molecule has 1 heterocycles. The molecule has 0 aliphatic carbocycles. The second-order valence-electron chi connectivity index (χ2n) is 7.13.